The molecule has 0 saturated carbocycles. The van der Waals surface area contributed by atoms with E-state index in [0.29, 0.717) is 19.8 Å². The van der Waals surface area contributed by atoms with Crippen molar-refractivity contribution in [3.63, 3.8) is 0 Å². The Bertz CT molecular complexity index is 833. The molecule has 3 nitrogen and oxygen atoms in total. The lowest BCUT2D eigenvalue weighted by molar-refractivity contribution is 0.349. The summed E-state index contributed by atoms with van der Waals surface area (Å²) in [6.07, 6.45) is 3.42. The maximum absolute atomic E-state index is 5.81. The average Bonchev–Trinajstić information content (AvgIpc) is 2.64. The van der Waals surface area contributed by atoms with E-state index in [1.807, 2.05) is 48.5 Å². The van der Waals surface area contributed by atoms with E-state index in [1.54, 1.807) is 12.2 Å². The van der Waals surface area contributed by atoms with Crippen LogP contribution in [0.15, 0.2) is 60.7 Å². The highest BCUT2D eigenvalue weighted by Gasteiger charge is 2.06. The summed E-state index contributed by atoms with van der Waals surface area (Å²) < 4.78 is 11.4. The van der Waals surface area contributed by atoms with Crippen molar-refractivity contribution >= 4 is 5.69 Å². The van der Waals surface area contributed by atoms with Gasteiger partial charge in [0.1, 0.15) is 24.7 Å². The third kappa shape index (κ3) is 4.60. The molecule has 0 atom stereocenters. The van der Waals surface area contributed by atoms with Gasteiger partial charge in [-0.3, -0.25) is 0 Å². The summed E-state index contributed by atoms with van der Waals surface area (Å²) in [5.74, 6) is 13.1. The molecule has 3 rings (SSSR count). The minimum atomic E-state index is 0.319. The fourth-order valence-corrected chi connectivity index (χ4v) is 2.18. The minimum absolute atomic E-state index is 0.319. The fraction of sp³-hybridized carbons (Fsp3) is 0.143. The summed E-state index contributed by atoms with van der Waals surface area (Å²) in [5.41, 5.74) is 2.11. The van der Waals surface area contributed by atoms with Crippen molar-refractivity contribution in [2.45, 2.75) is 6.54 Å². The van der Waals surface area contributed by atoms with E-state index in [-0.39, 0.29) is 0 Å². The molecular formula is C21H17NO2. The van der Waals surface area contributed by atoms with Crippen molar-refractivity contribution in [2.24, 2.45) is 0 Å². The molecule has 118 valence electrons. The van der Waals surface area contributed by atoms with Gasteiger partial charge < -0.3 is 14.8 Å². The van der Waals surface area contributed by atoms with Crippen LogP contribution < -0.4 is 14.8 Å². The lowest BCUT2D eigenvalue weighted by Crippen LogP contribution is -2.04. The molecule has 2 aromatic carbocycles. The Morgan fingerprint density at radius 2 is 1.62 bits per heavy atom. The van der Waals surface area contributed by atoms with Crippen molar-refractivity contribution in [2.75, 3.05) is 18.5 Å². The second kappa shape index (κ2) is 8.36. The molecule has 0 unspecified atom stereocenters. The van der Waals surface area contributed by atoms with E-state index in [1.165, 1.54) is 0 Å². The van der Waals surface area contributed by atoms with Gasteiger partial charge in [-0.2, -0.15) is 0 Å². The molecule has 0 radical (unpaired) electrons. The Kier molecular flexibility index (Phi) is 5.43. The van der Waals surface area contributed by atoms with Crippen molar-refractivity contribution < 1.29 is 9.47 Å². The van der Waals surface area contributed by atoms with Gasteiger partial charge >= 0.3 is 0 Å². The molecule has 0 saturated heterocycles. The fourth-order valence-electron chi connectivity index (χ4n) is 2.18. The van der Waals surface area contributed by atoms with Crippen LogP contribution in [0.1, 0.15) is 5.56 Å². The van der Waals surface area contributed by atoms with Gasteiger partial charge in [0, 0.05) is 23.9 Å². The predicted octanol–water partition coefficient (Wildman–Crippen LogP) is 3.63. The normalized spacial score (nSPS) is 13.8. The molecule has 1 aliphatic rings. The van der Waals surface area contributed by atoms with Gasteiger partial charge in [-0.25, -0.2) is 0 Å². The van der Waals surface area contributed by atoms with Gasteiger partial charge in [-0.15, -0.1) is 0 Å². The van der Waals surface area contributed by atoms with E-state index >= 15 is 0 Å². The Morgan fingerprint density at radius 3 is 2.42 bits per heavy atom. The highest BCUT2D eigenvalue weighted by Crippen LogP contribution is 2.26. The molecule has 1 aliphatic heterocycles. The van der Waals surface area contributed by atoms with Gasteiger partial charge in [0.25, 0.3) is 0 Å². The van der Waals surface area contributed by atoms with Crippen LogP contribution in [0.4, 0.5) is 5.69 Å². The second-order valence-electron chi connectivity index (χ2n) is 5.04. The molecule has 0 amide bonds. The number of benzene rings is 2. The summed E-state index contributed by atoms with van der Waals surface area (Å²) in [4.78, 5) is 0. The molecule has 24 heavy (non-hydrogen) atoms. The summed E-state index contributed by atoms with van der Waals surface area (Å²) in [6, 6.07) is 15.9. The first-order chi connectivity index (χ1) is 11.9. The van der Waals surface area contributed by atoms with Crippen molar-refractivity contribution in [3.8, 4) is 35.2 Å². The first kappa shape index (κ1) is 15.6. The van der Waals surface area contributed by atoms with Crippen LogP contribution in [0.2, 0.25) is 0 Å². The number of nitrogens with one attached hydrogen (secondary N) is 1. The number of fused-ring (bicyclic) bond motifs is 2. The maximum Gasteiger partial charge on any atom is 0.149 e. The molecule has 0 aliphatic carbocycles. The zero-order valence-electron chi connectivity index (χ0n) is 13.2. The largest absolute Gasteiger partial charge is 0.481 e. The van der Waals surface area contributed by atoms with Crippen LogP contribution in [0.3, 0.4) is 0 Å². The number of anilines is 1. The van der Waals surface area contributed by atoms with Gasteiger partial charge in [-0.1, -0.05) is 41.9 Å². The van der Waals surface area contributed by atoms with E-state index in [0.717, 1.165) is 22.7 Å². The topological polar surface area (TPSA) is 30.5 Å². The van der Waals surface area contributed by atoms with Gasteiger partial charge in [-0.05, 0) is 36.4 Å². The van der Waals surface area contributed by atoms with E-state index in [2.05, 4.69) is 29.0 Å². The number of para-hydroxylation sites is 1. The minimum Gasteiger partial charge on any atom is -0.481 e. The van der Waals surface area contributed by atoms with E-state index < -0.39 is 0 Å². The molecule has 1 heterocycles. The van der Waals surface area contributed by atoms with Crippen LogP contribution in [-0.4, -0.2) is 13.2 Å². The monoisotopic (exact) mass is 315 g/mol. The van der Waals surface area contributed by atoms with Crippen molar-refractivity contribution in [3.05, 3.63) is 66.2 Å². The molecule has 1 N–H and O–H groups in total. The SMILES string of the molecule is C1#CCOc2ccc(CNc3ccccc3)c(c2)OCC#C/C=C\1. The Hall–Kier alpha value is -3.30. The summed E-state index contributed by atoms with van der Waals surface area (Å²) >= 11 is 0. The van der Waals surface area contributed by atoms with Crippen molar-refractivity contribution in [1.29, 1.82) is 0 Å². The number of hydrogen-bond donors (Lipinski definition) is 1. The van der Waals surface area contributed by atoms with Gasteiger partial charge in [0.15, 0.2) is 0 Å². The Morgan fingerprint density at radius 1 is 0.875 bits per heavy atom. The lowest BCUT2D eigenvalue weighted by Gasteiger charge is -2.13. The third-order valence-corrected chi connectivity index (χ3v) is 3.36. The number of allylic oxidation sites excluding steroid dienone is 2. The number of hydrogen-bond acceptors (Lipinski definition) is 3. The van der Waals surface area contributed by atoms with Gasteiger partial charge in [0.2, 0.25) is 0 Å². The van der Waals surface area contributed by atoms with Crippen LogP contribution in [0.25, 0.3) is 0 Å². The molecule has 0 spiro atoms. The Labute approximate surface area is 142 Å². The third-order valence-electron chi connectivity index (χ3n) is 3.36. The zero-order chi connectivity index (χ0) is 16.5. The van der Waals surface area contributed by atoms with Crippen LogP contribution in [-0.2, 0) is 6.54 Å². The second-order valence-corrected chi connectivity index (χ2v) is 5.04. The number of ether oxygens (including phenoxy) is 2. The highest BCUT2D eigenvalue weighted by molar-refractivity contribution is 5.47. The standard InChI is InChI=1S/C21H17NO2/c1-2-4-9-15-24-21-16-20(23-14-8-3-1)13-12-18(21)17-22-19-10-6-5-7-11-19/h1-2,5-7,10-13,16,22H,14-15,17H2/b2-1-. The number of rotatable bonds is 3. The summed E-state index contributed by atoms with van der Waals surface area (Å²) in [7, 11) is 0. The van der Waals surface area contributed by atoms with Crippen LogP contribution in [0.5, 0.6) is 11.5 Å². The quantitative estimate of drug-likeness (QED) is 0.877. The van der Waals surface area contributed by atoms with E-state index in [9.17, 15) is 0 Å². The van der Waals surface area contributed by atoms with Crippen LogP contribution in [0, 0.1) is 23.7 Å². The summed E-state index contributed by atoms with van der Waals surface area (Å²) in [6.45, 7) is 1.31. The lowest BCUT2D eigenvalue weighted by atomic mass is 10.2. The highest BCUT2D eigenvalue weighted by atomic mass is 16.5. The smallest absolute Gasteiger partial charge is 0.149 e. The zero-order valence-corrected chi connectivity index (χ0v) is 13.2. The van der Waals surface area contributed by atoms with Crippen molar-refractivity contribution in [1.82, 2.24) is 0 Å². The van der Waals surface area contributed by atoms with E-state index in [4.69, 9.17) is 9.47 Å². The molecule has 2 aromatic rings. The van der Waals surface area contributed by atoms with Crippen LogP contribution >= 0.6 is 0 Å². The first-order valence-corrected chi connectivity index (χ1v) is 7.71. The predicted molar refractivity (Wildman–Crippen MR) is 95.9 cm³/mol. The average molecular weight is 315 g/mol. The molecule has 2 bridgehead atoms. The molecule has 0 fully saturated rings. The summed E-state index contributed by atoms with van der Waals surface area (Å²) in [5, 5.41) is 3.39. The molecule has 0 aromatic heterocycles. The molecule has 3 heteroatoms. The maximum atomic E-state index is 5.81. The molecular weight excluding hydrogens is 298 g/mol. The first-order valence-electron chi connectivity index (χ1n) is 7.71. The van der Waals surface area contributed by atoms with Gasteiger partial charge in [0.05, 0.1) is 0 Å². The Balaban J connectivity index is 1.77.